The van der Waals surface area contributed by atoms with Crippen LogP contribution in [-0.2, 0) is 25.6 Å². The summed E-state index contributed by atoms with van der Waals surface area (Å²) >= 11 is 0. The van der Waals surface area contributed by atoms with Gasteiger partial charge in [0.05, 0.1) is 12.5 Å². The molecule has 0 aliphatic heterocycles. The highest BCUT2D eigenvalue weighted by Gasteiger charge is 2.26. The number of hydrogen-bond donors (Lipinski definition) is 6. The van der Waals surface area contributed by atoms with E-state index in [2.05, 4.69) is 15.6 Å². The van der Waals surface area contributed by atoms with Crippen molar-refractivity contribution in [2.45, 2.75) is 37.9 Å². The van der Waals surface area contributed by atoms with Crippen molar-refractivity contribution in [3.05, 3.63) is 36.0 Å². The van der Waals surface area contributed by atoms with Crippen molar-refractivity contribution in [3.8, 4) is 0 Å². The molecule has 8 N–H and O–H groups in total. The lowest BCUT2D eigenvalue weighted by molar-refractivity contribution is -0.140. The first-order valence-electron chi connectivity index (χ1n) is 8.61. The minimum Gasteiger partial charge on any atom is -0.481 e. The molecule has 0 aliphatic carbocycles. The molecule has 0 unspecified atom stereocenters. The predicted octanol–water partition coefficient (Wildman–Crippen LogP) is -1.01. The summed E-state index contributed by atoms with van der Waals surface area (Å²) in [7, 11) is 0. The fourth-order valence-corrected chi connectivity index (χ4v) is 2.71. The van der Waals surface area contributed by atoms with Crippen molar-refractivity contribution in [1.29, 1.82) is 0 Å². The van der Waals surface area contributed by atoms with Crippen molar-refractivity contribution in [1.82, 2.24) is 15.6 Å². The molecular formula is C18H23N5O5. The zero-order chi connectivity index (χ0) is 20.8. The third-order valence-corrected chi connectivity index (χ3v) is 4.24. The number of carboxylic acids is 1. The Labute approximate surface area is 160 Å². The maximum absolute atomic E-state index is 12.3. The number of carboxylic acid groups (broad SMARTS) is 1. The molecule has 3 amide bonds. The van der Waals surface area contributed by atoms with Crippen LogP contribution in [0.1, 0.15) is 18.9 Å². The smallest absolute Gasteiger partial charge is 0.305 e. The van der Waals surface area contributed by atoms with Crippen LogP contribution in [0.3, 0.4) is 0 Å². The number of fused-ring (bicyclic) bond motifs is 1. The number of benzene rings is 1. The number of nitrogens with two attached hydrogens (primary N) is 2. The summed E-state index contributed by atoms with van der Waals surface area (Å²) in [6.07, 6.45) is 1.38. The molecule has 150 valence electrons. The van der Waals surface area contributed by atoms with Gasteiger partial charge in [0.1, 0.15) is 12.1 Å². The third-order valence-electron chi connectivity index (χ3n) is 4.24. The van der Waals surface area contributed by atoms with Gasteiger partial charge >= 0.3 is 5.97 Å². The number of H-pyrrole nitrogens is 1. The van der Waals surface area contributed by atoms with E-state index in [1.165, 1.54) is 6.92 Å². The average molecular weight is 389 g/mol. The van der Waals surface area contributed by atoms with Gasteiger partial charge in [-0.05, 0) is 25.0 Å². The minimum atomic E-state index is -1.37. The molecule has 0 saturated carbocycles. The van der Waals surface area contributed by atoms with Gasteiger partial charge in [-0.25, -0.2) is 0 Å². The highest BCUT2D eigenvalue weighted by Crippen LogP contribution is 2.18. The second-order valence-electron chi connectivity index (χ2n) is 6.46. The molecule has 1 aromatic carbocycles. The predicted molar refractivity (Wildman–Crippen MR) is 101 cm³/mol. The summed E-state index contributed by atoms with van der Waals surface area (Å²) in [5, 5.41) is 14.4. The molecule has 0 bridgehead atoms. The highest BCUT2D eigenvalue weighted by molar-refractivity contribution is 5.94. The number of carbonyl (C=O) groups excluding carboxylic acids is 3. The third kappa shape index (κ3) is 5.30. The lowest BCUT2D eigenvalue weighted by Gasteiger charge is -2.20. The first kappa shape index (κ1) is 20.9. The van der Waals surface area contributed by atoms with E-state index < -0.39 is 48.2 Å². The second-order valence-corrected chi connectivity index (χ2v) is 6.46. The molecule has 2 rings (SSSR count). The molecule has 0 radical (unpaired) electrons. The van der Waals surface area contributed by atoms with Gasteiger partial charge in [-0.3, -0.25) is 19.2 Å². The van der Waals surface area contributed by atoms with Crippen LogP contribution in [0.4, 0.5) is 0 Å². The molecule has 0 fully saturated rings. The molecule has 10 heteroatoms. The van der Waals surface area contributed by atoms with Gasteiger partial charge in [0.25, 0.3) is 0 Å². The van der Waals surface area contributed by atoms with Gasteiger partial charge in [0, 0.05) is 17.1 Å². The Morgan fingerprint density at radius 2 is 1.82 bits per heavy atom. The first-order chi connectivity index (χ1) is 13.2. The van der Waals surface area contributed by atoms with E-state index in [1.807, 2.05) is 24.3 Å². The van der Waals surface area contributed by atoms with Crippen LogP contribution in [0.25, 0.3) is 10.9 Å². The SMILES string of the molecule is C[C@H](NC(=O)[C@@H](N)Cc1c[nH]c2ccccc12)C(=O)N[C@@H](CC(=O)O)C(N)=O. The van der Waals surface area contributed by atoms with Gasteiger partial charge < -0.3 is 32.2 Å². The Hall–Kier alpha value is -3.40. The Morgan fingerprint density at radius 1 is 1.14 bits per heavy atom. The Kier molecular flexibility index (Phi) is 6.72. The van der Waals surface area contributed by atoms with E-state index >= 15 is 0 Å². The second kappa shape index (κ2) is 9.00. The van der Waals surface area contributed by atoms with Crippen molar-refractivity contribution in [2.75, 3.05) is 0 Å². The lowest BCUT2D eigenvalue weighted by Crippen LogP contribution is -2.54. The van der Waals surface area contributed by atoms with Crippen LogP contribution in [0, 0.1) is 0 Å². The standard InChI is InChI=1S/C18H23N5O5/c1-9(17(27)23-14(16(20)26)7-15(24)25)22-18(28)12(19)6-10-8-21-13-5-3-2-4-11(10)13/h2-5,8-9,12,14,21H,6-7,19H2,1H3,(H2,20,26)(H,22,28)(H,23,27)(H,24,25)/t9-,12-,14-/m0/s1. The molecule has 0 saturated heterocycles. The van der Waals surface area contributed by atoms with E-state index in [0.717, 1.165) is 16.5 Å². The van der Waals surface area contributed by atoms with E-state index in [4.69, 9.17) is 16.6 Å². The molecule has 0 aliphatic rings. The van der Waals surface area contributed by atoms with Crippen LogP contribution in [0.2, 0.25) is 0 Å². The van der Waals surface area contributed by atoms with Crippen molar-refractivity contribution >= 4 is 34.6 Å². The normalized spacial score (nSPS) is 14.1. The fraction of sp³-hybridized carbons (Fsp3) is 0.333. The zero-order valence-corrected chi connectivity index (χ0v) is 15.3. The summed E-state index contributed by atoms with van der Waals surface area (Å²) < 4.78 is 0. The number of aromatic nitrogens is 1. The summed E-state index contributed by atoms with van der Waals surface area (Å²) in [5.41, 5.74) is 12.8. The fourth-order valence-electron chi connectivity index (χ4n) is 2.71. The van der Waals surface area contributed by atoms with Crippen molar-refractivity contribution < 1.29 is 24.3 Å². The molecule has 3 atom stereocenters. The van der Waals surface area contributed by atoms with E-state index in [0.29, 0.717) is 0 Å². The van der Waals surface area contributed by atoms with Crippen LogP contribution in [-0.4, -0.2) is 51.9 Å². The first-order valence-corrected chi connectivity index (χ1v) is 8.61. The van der Waals surface area contributed by atoms with E-state index in [9.17, 15) is 19.2 Å². The van der Waals surface area contributed by atoms with Crippen LogP contribution < -0.4 is 22.1 Å². The molecular weight excluding hydrogens is 366 g/mol. The maximum Gasteiger partial charge on any atom is 0.305 e. The van der Waals surface area contributed by atoms with Crippen LogP contribution in [0.15, 0.2) is 30.5 Å². The Balaban J connectivity index is 1.94. The number of aromatic amines is 1. The van der Waals surface area contributed by atoms with Gasteiger partial charge in [-0.2, -0.15) is 0 Å². The number of para-hydroxylation sites is 1. The monoisotopic (exact) mass is 389 g/mol. The van der Waals surface area contributed by atoms with Crippen LogP contribution >= 0.6 is 0 Å². The number of aliphatic carboxylic acids is 1. The highest BCUT2D eigenvalue weighted by atomic mass is 16.4. The lowest BCUT2D eigenvalue weighted by atomic mass is 10.0. The Morgan fingerprint density at radius 3 is 2.46 bits per heavy atom. The minimum absolute atomic E-state index is 0.257. The molecule has 10 nitrogen and oxygen atoms in total. The topological polar surface area (TPSA) is 180 Å². The van der Waals surface area contributed by atoms with Gasteiger partial charge in [-0.15, -0.1) is 0 Å². The van der Waals surface area contributed by atoms with Gasteiger partial charge in [-0.1, -0.05) is 18.2 Å². The van der Waals surface area contributed by atoms with Gasteiger partial charge in [0.2, 0.25) is 17.7 Å². The largest absolute Gasteiger partial charge is 0.481 e. The van der Waals surface area contributed by atoms with Crippen molar-refractivity contribution in [2.24, 2.45) is 11.5 Å². The maximum atomic E-state index is 12.3. The van der Waals surface area contributed by atoms with Crippen molar-refractivity contribution in [3.63, 3.8) is 0 Å². The molecule has 28 heavy (non-hydrogen) atoms. The molecule has 2 aromatic rings. The number of primary amides is 1. The van der Waals surface area contributed by atoms with Crippen LogP contribution in [0.5, 0.6) is 0 Å². The zero-order valence-electron chi connectivity index (χ0n) is 15.3. The number of nitrogens with one attached hydrogen (secondary N) is 3. The van der Waals surface area contributed by atoms with E-state index in [-0.39, 0.29) is 6.42 Å². The molecule has 1 aromatic heterocycles. The van der Waals surface area contributed by atoms with E-state index in [1.54, 1.807) is 6.20 Å². The quantitative estimate of drug-likeness (QED) is 0.319. The summed E-state index contributed by atoms with van der Waals surface area (Å²) in [5.74, 6) is -3.56. The average Bonchev–Trinajstić information content (AvgIpc) is 3.03. The van der Waals surface area contributed by atoms with Gasteiger partial charge in [0.15, 0.2) is 0 Å². The number of hydrogen-bond acceptors (Lipinski definition) is 5. The molecule has 0 spiro atoms. The summed E-state index contributed by atoms with van der Waals surface area (Å²) in [4.78, 5) is 49.5. The number of rotatable bonds is 9. The summed E-state index contributed by atoms with van der Waals surface area (Å²) in [6.45, 7) is 1.39. The molecule has 1 heterocycles. The number of carbonyl (C=O) groups is 4. The Bertz CT molecular complexity index is 893. The summed E-state index contributed by atoms with van der Waals surface area (Å²) in [6, 6.07) is 4.28. The number of amides is 3.